The van der Waals surface area contributed by atoms with Gasteiger partial charge >= 0.3 is 17.9 Å². The Morgan fingerprint density at radius 3 is 0.765 bits per heavy atom. The average molecular weight is 1130 g/mol. The number of hydrogen-bond acceptors (Lipinski definition) is 6. The fourth-order valence-corrected chi connectivity index (χ4v) is 9.89. The highest BCUT2D eigenvalue weighted by molar-refractivity contribution is 5.71. The third-order valence-corrected chi connectivity index (χ3v) is 15.1. The molecule has 0 aliphatic heterocycles. The van der Waals surface area contributed by atoms with Crippen LogP contribution in [0.4, 0.5) is 0 Å². The van der Waals surface area contributed by atoms with Gasteiger partial charge in [-0.15, -0.1) is 0 Å². The molecule has 0 bridgehead atoms. The molecule has 0 aliphatic rings. The molecule has 466 valence electrons. The molecule has 0 aromatic rings. The van der Waals surface area contributed by atoms with Crippen LogP contribution in [0.5, 0.6) is 0 Å². The van der Waals surface area contributed by atoms with Crippen molar-refractivity contribution in [3.05, 3.63) is 97.2 Å². The number of allylic oxidation sites excluding steroid dienone is 16. The van der Waals surface area contributed by atoms with E-state index in [-0.39, 0.29) is 31.1 Å². The van der Waals surface area contributed by atoms with Crippen LogP contribution in [0.25, 0.3) is 0 Å². The maximum absolute atomic E-state index is 12.9. The van der Waals surface area contributed by atoms with Gasteiger partial charge in [-0.1, -0.05) is 317 Å². The summed E-state index contributed by atoms with van der Waals surface area (Å²) in [4.78, 5) is 38.4. The predicted molar refractivity (Wildman–Crippen MR) is 353 cm³/mol. The molecule has 1 atom stereocenters. The molecule has 0 fully saturated rings. The van der Waals surface area contributed by atoms with Gasteiger partial charge in [-0.3, -0.25) is 14.4 Å². The van der Waals surface area contributed by atoms with Crippen LogP contribution >= 0.6 is 0 Å². The van der Waals surface area contributed by atoms with Crippen LogP contribution in [-0.2, 0) is 28.6 Å². The summed E-state index contributed by atoms with van der Waals surface area (Å²) in [6, 6.07) is 0. The van der Waals surface area contributed by atoms with Gasteiger partial charge in [0, 0.05) is 19.3 Å². The quantitative estimate of drug-likeness (QED) is 0.0261. The van der Waals surface area contributed by atoms with E-state index >= 15 is 0 Å². The first-order valence-electron chi connectivity index (χ1n) is 34.7. The normalized spacial score (nSPS) is 12.7. The Hall–Kier alpha value is -3.67. The van der Waals surface area contributed by atoms with E-state index in [0.29, 0.717) is 19.3 Å². The van der Waals surface area contributed by atoms with Gasteiger partial charge in [0.25, 0.3) is 0 Å². The number of ether oxygens (including phenoxy) is 3. The number of esters is 3. The Labute approximate surface area is 502 Å². The topological polar surface area (TPSA) is 78.9 Å². The molecule has 0 aromatic carbocycles. The van der Waals surface area contributed by atoms with Crippen LogP contribution in [0.2, 0.25) is 0 Å². The zero-order valence-corrected chi connectivity index (χ0v) is 53.5. The summed E-state index contributed by atoms with van der Waals surface area (Å²) in [5.41, 5.74) is 0. The SMILES string of the molecule is CC/C=C\C/C=C\C/C=C\C/C=C\C/C=C\CCCCCC(=O)OC(COC(=O)CCCCCCCCCCCCCCC)COC(=O)CCCCCCCCCCCCCCCCCC/C=C\C/C=C\C/C=C\CCCCCCC. The molecule has 0 rings (SSSR count). The molecular formula is C75H130O6. The van der Waals surface area contributed by atoms with Crippen LogP contribution < -0.4 is 0 Å². The highest BCUT2D eigenvalue weighted by Gasteiger charge is 2.19. The second kappa shape index (κ2) is 68.8. The Kier molecular flexibility index (Phi) is 65.7. The third-order valence-electron chi connectivity index (χ3n) is 15.1. The standard InChI is InChI=1S/C75H130O6/c1-4-7-10-13-16-19-22-25-27-29-31-32-33-34-35-36-37-38-39-40-41-42-44-45-47-50-53-56-59-62-65-68-74(77)80-71-72(70-79-73(76)67-64-61-58-55-52-49-24-21-18-15-12-9-6-3)81-75(78)69-66-63-60-57-54-51-48-46-43-30-28-26-23-20-17-14-11-8-5-2/h8,11,17,20,22,25-26,28-29,31,33-34,43,46,51,54,72H,4-7,9-10,12-16,18-19,21,23-24,27,30,32,35-42,44-45,47-50,52-53,55-71H2,1-3H3/b11-8-,20-17-,25-22-,28-26-,31-29-,34-33-,46-43-,54-51-. The van der Waals surface area contributed by atoms with Crippen molar-refractivity contribution in [3.8, 4) is 0 Å². The zero-order chi connectivity index (χ0) is 58.5. The highest BCUT2D eigenvalue weighted by atomic mass is 16.6. The minimum Gasteiger partial charge on any atom is -0.462 e. The third kappa shape index (κ3) is 67.0. The van der Waals surface area contributed by atoms with Crippen molar-refractivity contribution in [1.82, 2.24) is 0 Å². The number of hydrogen-bond donors (Lipinski definition) is 0. The smallest absolute Gasteiger partial charge is 0.306 e. The van der Waals surface area contributed by atoms with Gasteiger partial charge in [0.05, 0.1) is 0 Å². The second-order valence-corrected chi connectivity index (χ2v) is 23.1. The molecule has 0 heterocycles. The maximum Gasteiger partial charge on any atom is 0.306 e. The van der Waals surface area contributed by atoms with Gasteiger partial charge in [0.1, 0.15) is 13.2 Å². The van der Waals surface area contributed by atoms with Crippen molar-refractivity contribution in [2.75, 3.05) is 13.2 Å². The highest BCUT2D eigenvalue weighted by Crippen LogP contribution is 2.17. The Balaban J connectivity index is 4.25. The lowest BCUT2D eigenvalue weighted by Crippen LogP contribution is -2.30. The van der Waals surface area contributed by atoms with Gasteiger partial charge < -0.3 is 14.2 Å². The fourth-order valence-electron chi connectivity index (χ4n) is 9.89. The first-order valence-corrected chi connectivity index (χ1v) is 34.7. The second-order valence-electron chi connectivity index (χ2n) is 23.1. The van der Waals surface area contributed by atoms with Crippen molar-refractivity contribution < 1.29 is 28.6 Å². The molecular weight excluding hydrogens is 997 g/mol. The summed E-state index contributed by atoms with van der Waals surface area (Å²) in [5, 5.41) is 0. The van der Waals surface area contributed by atoms with Crippen molar-refractivity contribution >= 4 is 17.9 Å². The van der Waals surface area contributed by atoms with Gasteiger partial charge in [-0.2, -0.15) is 0 Å². The minimum absolute atomic E-state index is 0.0874. The summed E-state index contributed by atoms with van der Waals surface area (Å²) in [6.45, 7) is 6.52. The Bertz CT molecular complexity index is 1580. The van der Waals surface area contributed by atoms with E-state index < -0.39 is 6.10 Å². The summed E-state index contributed by atoms with van der Waals surface area (Å²) in [5.74, 6) is -0.905. The van der Waals surface area contributed by atoms with Crippen LogP contribution in [0.3, 0.4) is 0 Å². The number of carbonyl (C=O) groups is 3. The molecule has 81 heavy (non-hydrogen) atoms. The molecule has 0 aliphatic carbocycles. The van der Waals surface area contributed by atoms with E-state index in [1.165, 1.54) is 193 Å². The fraction of sp³-hybridized carbons (Fsp3) is 0.747. The number of unbranched alkanes of at least 4 members (excludes halogenated alkanes) is 36. The number of carbonyl (C=O) groups excluding carboxylic acids is 3. The number of rotatable bonds is 63. The van der Waals surface area contributed by atoms with Crippen molar-refractivity contribution in [1.29, 1.82) is 0 Å². The lowest BCUT2D eigenvalue weighted by molar-refractivity contribution is -0.167. The van der Waals surface area contributed by atoms with Crippen molar-refractivity contribution in [2.45, 2.75) is 348 Å². The summed E-state index contributed by atoms with van der Waals surface area (Å²) in [7, 11) is 0. The maximum atomic E-state index is 12.9. The molecule has 6 heteroatoms. The lowest BCUT2D eigenvalue weighted by atomic mass is 10.0. The van der Waals surface area contributed by atoms with E-state index in [4.69, 9.17) is 14.2 Å². The molecule has 0 saturated carbocycles. The predicted octanol–water partition coefficient (Wildman–Crippen LogP) is 24.0. The first-order chi connectivity index (χ1) is 40.0. The van der Waals surface area contributed by atoms with Gasteiger partial charge in [-0.05, 0) is 103 Å². The van der Waals surface area contributed by atoms with Crippen molar-refractivity contribution in [2.24, 2.45) is 0 Å². The Morgan fingerprint density at radius 1 is 0.259 bits per heavy atom. The van der Waals surface area contributed by atoms with E-state index in [2.05, 4.69) is 118 Å². The summed E-state index contributed by atoms with van der Waals surface area (Å²) >= 11 is 0. The Morgan fingerprint density at radius 2 is 0.481 bits per heavy atom. The van der Waals surface area contributed by atoms with Crippen LogP contribution in [0.15, 0.2) is 97.2 Å². The summed E-state index contributed by atoms with van der Waals surface area (Å²) < 4.78 is 16.9. The molecule has 0 N–H and O–H groups in total. The molecule has 0 spiro atoms. The van der Waals surface area contributed by atoms with Gasteiger partial charge in [0.2, 0.25) is 0 Å². The molecule has 1 unspecified atom stereocenters. The van der Waals surface area contributed by atoms with Crippen LogP contribution in [0.1, 0.15) is 342 Å². The molecule has 0 amide bonds. The van der Waals surface area contributed by atoms with E-state index in [9.17, 15) is 14.4 Å². The van der Waals surface area contributed by atoms with E-state index in [1.807, 2.05) is 0 Å². The van der Waals surface area contributed by atoms with Crippen LogP contribution in [-0.4, -0.2) is 37.2 Å². The van der Waals surface area contributed by atoms with Gasteiger partial charge in [-0.25, -0.2) is 0 Å². The first kappa shape index (κ1) is 77.3. The molecule has 0 aromatic heterocycles. The lowest BCUT2D eigenvalue weighted by Gasteiger charge is -2.18. The van der Waals surface area contributed by atoms with E-state index in [1.54, 1.807) is 0 Å². The zero-order valence-electron chi connectivity index (χ0n) is 53.5. The monoisotopic (exact) mass is 1130 g/mol. The molecule has 6 nitrogen and oxygen atoms in total. The van der Waals surface area contributed by atoms with E-state index in [0.717, 1.165) is 109 Å². The van der Waals surface area contributed by atoms with Crippen molar-refractivity contribution in [3.63, 3.8) is 0 Å². The molecule has 0 saturated heterocycles. The molecule has 0 radical (unpaired) electrons. The summed E-state index contributed by atoms with van der Waals surface area (Å²) in [6.07, 6.45) is 92.9. The minimum atomic E-state index is -0.795. The average Bonchev–Trinajstić information content (AvgIpc) is 3.46. The largest absolute Gasteiger partial charge is 0.462 e. The van der Waals surface area contributed by atoms with Gasteiger partial charge in [0.15, 0.2) is 6.10 Å². The van der Waals surface area contributed by atoms with Crippen LogP contribution in [0, 0.1) is 0 Å².